The molecule has 0 spiro atoms. The second-order valence-electron chi connectivity index (χ2n) is 6.72. The number of benzene rings is 1. The average molecular weight is 403 g/mol. The lowest BCUT2D eigenvalue weighted by atomic mass is 10.0. The maximum absolute atomic E-state index is 12.7. The zero-order chi connectivity index (χ0) is 19.4. The topological polar surface area (TPSA) is 86.1 Å². The third-order valence-electron chi connectivity index (χ3n) is 4.59. The Balaban J connectivity index is 1.72. The number of hydrogen-bond acceptors (Lipinski definition) is 6. The monoisotopic (exact) mass is 402 g/mol. The van der Waals surface area contributed by atoms with Crippen LogP contribution in [0.3, 0.4) is 0 Å². The fraction of sp³-hybridized carbons (Fsp3) is 0.368. The van der Waals surface area contributed by atoms with Gasteiger partial charge in [-0.1, -0.05) is 6.92 Å². The molecule has 0 amide bonds. The SMILES string of the molecule is Cc1csc(/C(C#N)=C/Nc2ccc(S(=O)(=O)N3CCC(C)CC3)cc2)n1. The third-order valence-corrected chi connectivity index (χ3v) is 7.49. The number of allylic oxidation sites excluding steroid dienone is 1. The fourth-order valence-electron chi connectivity index (χ4n) is 2.87. The standard InChI is InChI=1S/C19H22N4O2S2/c1-14-7-9-23(10-8-14)27(24,25)18-5-3-17(4-6-18)21-12-16(11-20)19-22-15(2)13-26-19/h3-6,12-14,21H,7-10H2,1-2H3/b16-12+. The number of nitrogens with one attached hydrogen (secondary N) is 1. The number of aromatic nitrogens is 1. The number of hydrogen-bond donors (Lipinski definition) is 1. The first-order chi connectivity index (χ1) is 12.9. The van der Waals surface area contributed by atoms with Crippen LogP contribution in [0.1, 0.15) is 30.5 Å². The molecule has 27 heavy (non-hydrogen) atoms. The molecule has 1 fully saturated rings. The molecule has 0 radical (unpaired) electrons. The highest BCUT2D eigenvalue weighted by molar-refractivity contribution is 7.89. The van der Waals surface area contributed by atoms with Gasteiger partial charge in [0.25, 0.3) is 0 Å². The molecule has 6 nitrogen and oxygen atoms in total. The van der Waals surface area contributed by atoms with Gasteiger partial charge < -0.3 is 5.32 Å². The predicted octanol–water partition coefficient (Wildman–Crippen LogP) is 3.85. The van der Waals surface area contributed by atoms with E-state index < -0.39 is 10.0 Å². The van der Waals surface area contributed by atoms with Crippen LogP contribution in [0.5, 0.6) is 0 Å². The van der Waals surface area contributed by atoms with Crippen LogP contribution >= 0.6 is 11.3 Å². The minimum Gasteiger partial charge on any atom is -0.360 e. The van der Waals surface area contributed by atoms with Gasteiger partial charge in [-0.2, -0.15) is 9.57 Å². The highest BCUT2D eigenvalue weighted by atomic mass is 32.2. The van der Waals surface area contributed by atoms with Crippen molar-refractivity contribution in [1.82, 2.24) is 9.29 Å². The van der Waals surface area contributed by atoms with Crippen molar-refractivity contribution in [3.8, 4) is 6.07 Å². The zero-order valence-corrected chi connectivity index (χ0v) is 17.0. The molecule has 0 aliphatic carbocycles. The number of rotatable bonds is 5. The summed E-state index contributed by atoms with van der Waals surface area (Å²) in [5, 5.41) is 14.9. The Kier molecular flexibility index (Phi) is 5.95. The second kappa shape index (κ2) is 8.21. The van der Waals surface area contributed by atoms with Crippen LogP contribution in [0.25, 0.3) is 5.57 Å². The van der Waals surface area contributed by atoms with Crippen molar-refractivity contribution in [2.45, 2.75) is 31.6 Å². The van der Waals surface area contributed by atoms with Crippen molar-refractivity contribution in [3.63, 3.8) is 0 Å². The summed E-state index contributed by atoms with van der Waals surface area (Å²) >= 11 is 1.41. The van der Waals surface area contributed by atoms with Gasteiger partial charge in [-0.05, 0) is 49.9 Å². The molecule has 0 unspecified atom stereocenters. The molecule has 1 aliphatic rings. The van der Waals surface area contributed by atoms with E-state index in [1.807, 2.05) is 12.3 Å². The normalized spacial score (nSPS) is 16.9. The van der Waals surface area contributed by atoms with E-state index in [2.05, 4.69) is 23.3 Å². The van der Waals surface area contributed by atoms with Gasteiger partial charge in [0.15, 0.2) is 0 Å². The number of thiazole rings is 1. The molecule has 1 aromatic heterocycles. The highest BCUT2D eigenvalue weighted by Crippen LogP contribution is 2.25. The zero-order valence-electron chi connectivity index (χ0n) is 15.3. The molecule has 1 N–H and O–H groups in total. The molecule has 2 aromatic rings. The summed E-state index contributed by atoms with van der Waals surface area (Å²) in [5.41, 5.74) is 2.02. The van der Waals surface area contributed by atoms with E-state index in [1.54, 1.807) is 34.8 Å². The second-order valence-corrected chi connectivity index (χ2v) is 9.52. The van der Waals surface area contributed by atoms with E-state index in [0.29, 0.717) is 40.2 Å². The highest BCUT2D eigenvalue weighted by Gasteiger charge is 2.27. The van der Waals surface area contributed by atoms with Crippen LogP contribution in [0, 0.1) is 24.2 Å². The minimum atomic E-state index is -3.45. The van der Waals surface area contributed by atoms with Crippen molar-refractivity contribution in [2.24, 2.45) is 5.92 Å². The molecular weight excluding hydrogens is 380 g/mol. The molecule has 1 aliphatic heterocycles. The number of piperidine rings is 1. The van der Waals surface area contributed by atoms with Gasteiger partial charge in [-0.15, -0.1) is 11.3 Å². The molecule has 1 saturated heterocycles. The van der Waals surface area contributed by atoms with E-state index >= 15 is 0 Å². The number of anilines is 1. The van der Waals surface area contributed by atoms with Crippen molar-refractivity contribution in [2.75, 3.05) is 18.4 Å². The third kappa shape index (κ3) is 4.56. The van der Waals surface area contributed by atoms with Crippen molar-refractivity contribution in [1.29, 1.82) is 5.26 Å². The Morgan fingerprint density at radius 3 is 2.56 bits per heavy atom. The first-order valence-corrected chi connectivity index (χ1v) is 11.1. The summed E-state index contributed by atoms with van der Waals surface area (Å²) < 4.78 is 27.1. The molecule has 0 bridgehead atoms. The Hall–Kier alpha value is -2.21. The first kappa shape index (κ1) is 19.5. The van der Waals surface area contributed by atoms with Crippen LogP contribution in [0.2, 0.25) is 0 Å². The lowest BCUT2D eigenvalue weighted by Crippen LogP contribution is -2.37. The van der Waals surface area contributed by atoms with Gasteiger partial charge in [-0.25, -0.2) is 13.4 Å². The summed E-state index contributed by atoms with van der Waals surface area (Å²) in [5.74, 6) is 0.575. The van der Waals surface area contributed by atoms with Crippen molar-refractivity contribution in [3.05, 3.63) is 46.5 Å². The number of aryl methyl sites for hydroxylation is 1. The van der Waals surface area contributed by atoms with Gasteiger partial charge in [-0.3, -0.25) is 0 Å². The van der Waals surface area contributed by atoms with Gasteiger partial charge in [0.05, 0.1) is 4.90 Å². The van der Waals surface area contributed by atoms with E-state index in [1.165, 1.54) is 11.3 Å². The van der Waals surface area contributed by atoms with E-state index in [9.17, 15) is 13.7 Å². The molecular formula is C19H22N4O2S2. The van der Waals surface area contributed by atoms with Crippen molar-refractivity contribution < 1.29 is 8.42 Å². The molecule has 8 heteroatoms. The van der Waals surface area contributed by atoms with Crippen LogP contribution in [0.4, 0.5) is 5.69 Å². The summed E-state index contributed by atoms with van der Waals surface area (Å²) in [6.45, 7) is 5.18. The molecule has 3 rings (SSSR count). The average Bonchev–Trinajstić information content (AvgIpc) is 3.09. The Morgan fingerprint density at radius 2 is 2.00 bits per heavy atom. The Labute approximate surface area is 164 Å². The quantitative estimate of drug-likeness (QED) is 0.768. The Bertz CT molecular complexity index is 964. The molecule has 0 saturated carbocycles. The van der Waals surface area contributed by atoms with Crippen LogP contribution in [-0.2, 0) is 10.0 Å². The minimum absolute atomic E-state index is 0.294. The van der Waals surface area contributed by atoms with Crippen molar-refractivity contribution >= 4 is 32.6 Å². The fourth-order valence-corrected chi connectivity index (χ4v) is 5.11. The van der Waals surface area contributed by atoms with Crippen LogP contribution < -0.4 is 5.32 Å². The number of sulfonamides is 1. The first-order valence-electron chi connectivity index (χ1n) is 8.79. The Morgan fingerprint density at radius 1 is 1.33 bits per heavy atom. The van der Waals surface area contributed by atoms with Gasteiger partial charge >= 0.3 is 0 Å². The number of nitriles is 1. The summed E-state index contributed by atoms with van der Waals surface area (Å²) in [6.07, 6.45) is 3.39. The summed E-state index contributed by atoms with van der Waals surface area (Å²) in [4.78, 5) is 4.59. The largest absolute Gasteiger partial charge is 0.360 e. The van der Waals surface area contributed by atoms with E-state index in [4.69, 9.17) is 0 Å². The van der Waals surface area contributed by atoms with Gasteiger partial charge in [0.1, 0.15) is 16.6 Å². The lowest BCUT2D eigenvalue weighted by Gasteiger charge is -2.29. The summed E-state index contributed by atoms with van der Waals surface area (Å²) in [6, 6.07) is 8.74. The maximum Gasteiger partial charge on any atom is 0.243 e. The predicted molar refractivity (Wildman–Crippen MR) is 108 cm³/mol. The van der Waals surface area contributed by atoms with Gasteiger partial charge in [0.2, 0.25) is 10.0 Å². The number of nitrogens with zero attached hydrogens (tertiary/aromatic N) is 3. The van der Waals surface area contributed by atoms with E-state index in [0.717, 1.165) is 18.5 Å². The molecule has 1 aromatic carbocycles. The lowest BCUT2D eigenvalue weighted by molar-refractivity contribution is 0.288. The van der Waals surface area contributed by atoms with Crippen LogP contribution in [0.15, 0.2) is 40.7 Å². The molecule has 2 heterocycles. The van der Waals surface area contributed by atoms with Crippen LogP contribution in [-0.4, -0.2) is 30.8 Å². The maximum atomic E-state index is 12.7. The summed E-state index contributed by atoms with van der Waals surface area (Å²) in [7, 11) is -3.45. The smallest absolute Gasteiger partial charge is 0.243 e. The van der Waals surface area contributed by atoms with Gasteiger partial charge in [0, 0.05) is 36.1 Å². The molecule has 0 atom stereocenters. The molecule has 142 valence electrons. The van der Waals surface area contributed by atoms with E-state index in [-0.39, 0.29) is 0 Å².